The van der Waals surface area contributed by atoms with E-state index in [0.717, 1.165) is 16.7 Å². The molecule has 3 aromatic rings. The second-order valence-electron chi connectivity index (χ2n) is 6.11. The number of hydrogen-bond donors (Lipinski definition) is 0. The molecule has 0 saturated carbocycles. The minimum atomic E-state index is -0.420. The van der Waals surface area contributed by atoms with Gasteiger partial charge in [0.15, 0.2) is 0 Å². The number of nitrogens with zero attached hydrogens (tertiary/aromatic N) is 3. The molecule has 1 heterocycles. The Morgan fingerprint density at radius 3 is 2.37 bits per heavy atom. The number of aromatic nitrogens is 2. The van der Waals surface area contributed by atoms with Crippen LogP contribution < -0.4 is 0 Å². The predicted octanol–water partition coefficient (Wildman–Crippen LogP) is 4.75. The van der Waals surface area contributed by atoms with E-state index in [1.807, 2.05) is 80.3 Å². The average molecular weight is 382 g/mol. The highest BCUT2D eigenvalue weighted by molar-refractivity contribution is 8.00. The first-order chi connectivity index (χ1) is 13.1. The third-order valence-electron chi connectivity index (χ3n) is 4.40. The summed E-state index contributed by atoms with van der Waals surface area (Å²) in [6.45, 7) is 7.30. The molecule has 0 aliphatic rings. The molecule has 0 N–H and O–H groups in total. The van der Waals surface area contributed by atoms with Crippen molar-refractivity contribution in [2.45, 2.75) is 31.2 Å². The lowest BCUT2D eigenvalue weighted by Gasteiger charge is -2.24. The highest BCUT2D eigenvalue weighted by atomic mass is 32.2. The van der Waals surface area contributed by atoms with Gasteiger partial charge >= 0.3 is 0 Å². The predicted molar refractivity (Wildman–Crippen MR) is 107 cm³/mol. The van der Waals surface area contributed by atoms with Gasteiger partial charge in [-0.3, -0.25) is 4.79 Å². The minimum Gasteiger partial charge on any atom is -0.411 e. The molecule has 0 fully saturated rings. The lowest BCUT2D eigenvalue weighted by molar-refractivity contribution is -0.130. The van der Waals surface area contributed by atoms with Crippen molar-refractivity contribution in [1.29, 1.82) is 0 Å². The quantitative estimate of drug-likeness (QED) is 0.553. The van der Waals surface area contributed by atoms with Crippen molar-refractivity contribution in [3.8, 4) is 11.5 Å². The smallest absolute Gasteiger partial charge is 0.277 e. The maximum atomic E-state index is 13.1. The van der Waals surface area contributed by atoms with E-state index in [1.165, 1.54) is 11.8 Å². The first-order valence-electron chi connectivity index (χ1n) is 9.04. The zero-order valence-corrected chi connectivity index (χ0v) is 16.6. The Balaban J connectivity index is 1.89. The van der Waals surface area contributed by atoms with Crippen LogP contribution in [-0.4, -0.2) is 34.1 Å². The van der Waals surface area contributed by atoms with Crippen LogP contribution in [0.4, 0.5) is 0 Å². The van der Waals surface area contributed by atoms with Crippen LogP contribution in [0.2, 0.25) is 0 Å². The van der Waals surface area contributed by atoms with Crippen LogP contribution >= 0.6 is 11.8 Å². The Morgan fingerprint density at radius 2 is 1.70 bits per heavy atom. The topological polar surface area (TPSA) is 59.2 Å². The van der Waals surface area contributed by atoms with Gasteiger partial charge in [-0.15, -0.1) is 10.2 Å². The molecular formula is C21H23N3O2S. The van der Waals surface area contributed by atoms with Crippen molar-refractivity contribution in [2.75, 3.05) is 13.1 Å². The molecule has 27 heavy (non-hydrogen) atoms. The van der Waals surface area contributed by atoms with E-state index < -0.39 is 5.25 Å². The fourth-order valence-corrected chi connectivity index (χ4v) is 3.83. The van der Waals surface area contributed by atoms with E-state index in [1.54, 1.807) is 0 Å². The van der Waals surface area contributed by atoms with Gasteiger partial charge < -0.3 is 9.32 Å². The third-order valence-corrected chi connectivity index (χ3v) is 5.48. The maximum absolute atomic E-state index is 13.1. The summed E-state index contributed by atoms with van der Waals surface area (Å²) in [6.07, 6.45) is 0. The van der Waals surface area contributed by atoms with Gasteiger partial charge in [-0.1, -0.05) is 48.5 Å². The summed E-state index contributed by atoms with van der Waals surface area (Å²) < 4.78 is 5.87. The van der Waals surface area contributed by atoms with Crippen LogP contribution in [0.5, 0.6) is 0 Å². The summed E-state index contributed by atoms with van der Waals surface area (Å²) in [7, 11) is 0. The van der Waals surface area contributed by atoms with Gasteiger partial charge in [0.25, 0.3) is 5.22 Å². The fourth-order valence-electron chi connectivity index (χ4n) is 2.87. The summed E-state index contributed by atoms with van der Waals surface area (Å²) in [5, 5.41) is 8.32. The molecule has 1 atom stereocenters. The van der Waals surface area contributed by atoms with Crippen LogP contribution in [-0.2, 0) is 4.79 Å². The van der Waals surface area contributed by atoms with Gasteiger partial charge in [0.05, 0.1) is 0 Å². The van der Waals surface area contributed by atoms with E-state index in [-0.39, 0.29) is 5.91 Å². The molecule has 6 heteroatoms. The SMILES string of the molecule is CCN(CC)C(=O)C(Sc1nnc(-c2ccccc2C)o1)c1ccccc1. The van der Waals surface area contributed by atoms with Crippen LogP contribution in [0, 0.1) is 6.92 Å². The molecule has 5 nitrogen and oxygen atoms in total. The summed E-state index contributed by atoms with van der Waals surface area (Å²) in [5.41, 5.74) is 2.90. The molecule has 0 bridgehead atoms. The number of amides is 1. The van der Waals surface area contributed by atoms with Gasteiger partial charge in [-0.05, 0) is 49.7 Å². The summed E-state index contributed by atoms with van der Waals surface area (Å²) in [4.78, 5) is 14.9. The van der Waals surface area contributed by atoms with Crippen LogP contribution in [0.1, 0.15) is 30.2 Å². The van der Waals surface area contributed by atoms with E-state index in [4.69, 9.17) is 4.42 Å². The zero-order chi connectivity index (χ0) is 19.2. The van der Waals surface area contributed by atoms with Gasteiger partial charge in [0, 0.05) is 18.7 Å². The molecule has 0 aliphatic heterocycles. The second-order valence-corrected chi connectivity index (χ2v) is 7.16. The third kappa shape index (κ3) is 4.39. The average Bonchev–Trinajstić information content (AvgIpc) is 3.16. The van der Waals surface area contributed by atoms with E-state index in [9.17, 15) is 4.79 Å². The molecule has 1 unspecified atom stereocenters. The Morgan fingerprint density at radius 1 is 1.04 bits per heavy atom. The fraction of sp³-hybridized carbons (Fsp3) is 0.286. The van der Waals surface area contributed by atoms with Crippen molar-refractivity contribution in [3.05, 3.63) is 65.7 Å². The molecule has 0 saturated heterocycles. The molecule has 3 rings (SSSR count). The zero-order valence-electron chi connectivity index (χ0n) is 15.8. The summed E-state index contributed by atoms with van der Waals surface area (Å²) in [6, 6.07) is 17.6. The van der Waals surface area contributed by atoms with Crippen LogP contribution in [0.15, 0.2) is 64.2 Å². The second kappa shape index (κ2) is 8.86. The Labute approximate surface area is 163 Å². The van der Waals surface area contributed by atoms with Crippen molar-refractivity contribution in [3.63, 3.8) is 0 Å². The first-order valence-corrected chi connectivity index (χ1v) is 9.91. The van der Waals surface area contributed by atoms with Gasteiger partial charge in [-0.25, -0.2) is 0 Å². The molecule has 1 amide bonds. The minimum absolute atomic E-state index is 0.0480. The standard InChI is InChI=1S/C21H23N3O2S/c1-4-24(5-2)20(25)18(16-12-7-6-8-13-16)27-21-23-22-19(26-21)17-14-10-9-11-15(17)3/h6-14,18H,4-5H2,1-3H3. The molecule has 0 radical (unpaired) electrons. The van der Waals surface area contributed by atoms with Crippen molar-refractivity contribution < 1.29 is 9.21 Å². The number of benzene rings is 2. The van der Waals surface area contributed by atoms with Gasteiger partial charge in [-0.2, -0.15) is 0 Å². The largest absolute Gasteiger partial charge is 0.411 e. The normalized spacial score (nSPS) is 12.0. The Bertz CT molecular complexity index is 891. The number of aryl methyl sites for hydroxylation is 1. The monoisotopic (exact) mass is 381 g/mol. The van der Waals surface area contributed by atoms with Crippen molar-refractivity contribution >= 4 is 17.7 Å². The molecule has 0 spiro atoms. The molecule has 140 valence electrons. The van der Waals surface area contributed by atoms with Crippen LogP contribution in [0.3, 0.4) is 0 Å². The molecular weight excluding hydrogens is 358 g/mol. The number of thioether (sulfide) groups is 1. The van der Waals surface area contributed by atoms with E-state index >= 15 is 0 Å². The number of carbonyl (C=O) groups excluding carboxylic acids is 1. The molecule has 1 aromatic heterocycles. The highest BCUT2D eigenvalue weighted by Gasteiger charge is 2.28. The lowest BCUT2D eigenvalue weighted by atomic mass is 10.1. The molecule has 0 aliphatic carbocycles. The summed E-state index contributed by atoms with van der Waals surface area (Å²) >= 11 is 1.30. The van der Waals surface area contributed by atoms with Gasteiger partial charge in [0.1, 0.15) is 5.25 Å². The van der Waals surface area contributed by atoms with Crippen molar-refractivity contribution in [1.82, 2.24) is 15.1 Å². The van der Waals surface area contributed by atoms with Crippen molar-refractivity contribution in [2.24, 2.45) is 0 Å². The number of carbonyl (C=O) groups is 1. The van der Waals surface area contributed by atoms with E-state index in [0.29, 0.717) is 24.2 Å². The van der Waals surface area contributed by atoms with Gasteiger partial charge in [0.2, 0.25) is 11.8 Å². The first kappa shape index (κ1) is 19.2. The number of hydrogen-bond acceptors (Lipinski definition) is 5. The summed E-state index contributed by atoms with van der Waals surface area (Å²) in [5.74, 6) is 0.518. The number of rotatable bonds is 7. The number of likely N-dealkylation sites (N-methyl/N-ethyl adjacent to an activating group) is 1. The Kier molecular flexibility index (Phi) is 6.29. The lowest BCUT2D eigenvalue weighted by Crippen LogP contribution is -2.33. The molecule has 2 aromatic carbocycles. The van der Waals surface area contributed by atoms with E-state index in [2.05, 4.69) is 10.2 Å². The Hall–Kier alpha value is -2.60. The maximum Gasteiger partial charge on any atom is 0.277 e. The van der Waals surface area contributed by atoms with Crippen LogP contribution in [0.25, 0.3) is 11.5 Å². The highest BCUT2D eigenvalue weighted by Crippen LogP contribution is 2.37.